The average Bonchev–Trinajstić information content (AvgIpc) is 2.75. The van der Waals surface area contributed by atoms with Crippen LogP contribution in [-0.2, 0) is 24.3 Å². The van der Waals surface area contributed by atoms with Crippen molar-refractivity contribution in [2.75, 3.05) is 33.3 Å². The second-order valence-corrected chi connectivity index (χ2v) is 8.58. The largest absolute Gasteiger partial charge is 0.455 e. The van der Waals surface area contributed by atoms with Gasteiger partial charge in [0.05, 0.1) is 18.4 Å². The lowest BCUT2D eigenvalue weighted by Crippen LogP contribution is -2.40. The van der Waals surface area contributed by atoms with Crippen molar-refractivity contribution in [1.29, 1.82) is 5.26 Å². The van der Waals surface area contributed by atoms with Gasteiger partial charge in [-0.1, -0.05) is 30.3 Å². The van der Waals surface area contributed by atoms with Crippen molar-refractivity contribution >= 4 is 28.0 Å². The Hall–Kier alpha value is -2.70. The lowest BCUT2D eigenvalue weighted by Gasteiger charge is -2.29. The van der Waals surface area contributed by atoms with Crippen molar-refractivity contribution in [1.82, 2.24) is 9.21 Å². The third kappa shape index (κ3) is 7.00. The highest BCUT2D eigenvalue weighted by Crippen LogP contribution is 2.22. The highest BCUT2D eigenvalue weighted by atomic mass is 32.2. The molecule has 9 heteroatoms. The predicted molar refractivity (Wildman–Crippen MR) is 108 cm³/mol. The van der Waals surface area contributed by atoms with E-state index in [4.69, 9.17) is 10.00 Å². The maximum absolute atomic E-state index is 12.5. The van der Waals surface area contributed by atoms with E-state index >= 15 is 0 Å². The van der Waals surface area contributed by atoms with Crippen LogP contribution in [0.15, 0.2) is 35.7 Å². The number of hydrogen-bond acceptors (Lipinski definition) is 6. The van der Waals surface area contributed by atoms with Crippen LogP contribution in [0.5, 0.6) is 0 Å². The number of rotatable bonds is 8. The molecular weight excluding hydrogens is 394 g/mol. The Morgan fingerprint density at radius 1 is 1.28 bits per heavy atom. The minimum Gasteiger partial charge on any atom is -0.455 e. The van der Waals surface area contributed by atoms with E-state index in [1.54, 1.807) is 13.1 Å². The number of carbonyl (C=O) groups is 2. The van der Waals surface area contributed by atoms with Crippen molar-refractivity contribution in [3.63, 3.8) is 0 Å². The molecule has 1 aliphatic heterocycles. The van der Waals surface area contributed by atoms with E-state index in [0.717, 1.165) is 5.56 Å². The van der Waals surface area contributed by atoms with E-state index in [2.05, 4.69) is 0 Å². The first-order chi connectivity index (χ1) is 13.8. The highest BCUT2D eigenvalue weighted by Gasteiger charge is 2.31. The van der Waals surface area contributed by atoms with E-state index < -0.39 is 21.9 Å². The number of likely N-dealkylation sites (N-methyl/N-ethyl adjacent to an activating group) is 1. The highest BCUT2D eigenvalue weighted by molar-refractivity contribution is 7.92. The Morgan fingerprint density at radius 3 is 2.55 bits per heavy atom. The molecule has 1 saturated heterocycles. The van der Waals surface area contributed by atoms with Gasteiger partial charge < -0.3 is 9.64 Å². The summed E-state index contributed by atoms with van der Waals surface area (Å²) in [4.78, 5) is 25.4. The van der Waals surface area contributed by atoms with Crippen molar-refractivity contribution < 1.29 is 22.7 Å². The van der Waals surface area contributed by atoms with Crippen LogP contribution in [0.2, 0.25) is 0 Å². The maximum atomic E-state index is 12.5. The standard InChI is InChI=1S/C20H25N3O5S/c1-22(12-5-11-21)19(24)16-28-20(25)18-8-13-23(14-9-18)29(26,27)15-10-17-6-3-2-4-7-17/h2-4,6-7,10,15,18H,5,8-9,12-14,16H2,1H3/b15-10+. The molecule has 0 saturated carbocycles. The van der Waals surface area contributed by atoms with Gasteiger partial charge in [0.25, 0.3) is 5.91 Å². The fourth-order valence-corrected chi connectivity index (χ4v) is 4.09. The third-order valence-corrected chi connectivity index (χ3v) is 6.27. The summed E-state index contributed by atoms with van der Waals surface area (Å²) < 4.78 is 31.3. The van der Waals surface area contributed by atoms with Crippen molar-refractivity contribution in [3.8, 4) is 6.07 Å². The molecule has 0 bridgehead atoms. The van der Waals surface area contributed by atoms with Crippen LogP contribution in [0, 0.1) is 17.2 Å². The number of benzene rings is 1. The summed E-state index contributed by atoms with van der Waals surface area (Å²) in [6, 6.07) is 11.1. The van der Waals surface area contributed by atoms with Gasteiger partial charge in [0, 0.05) is 32.1 Å². The summed E-state index contributed by atoms with van der Waals surface area (Å²) in [6.07, 6.45) is 2.44. The number of hydrogen-bond donors (Lipinski definition) is 0. The van der Waals surface area contributed by atoms with E-state index in [1.165, 1.54) is 14.6 Å². The smallest absolute Gasteiger partial charge is 0.309 e. The molecule has 0 aliphatic carbocycles. The molecule has 0 spiro atoms. The fraction of sp³-hybridized carbons (Fsp3) is 0.450. The van der Waals surface area contributed by atoms with Gasteiger partial charge in [0.15, 0.2) is 6.61 Å². The molecule has 0 radical (unpaired) electrons. The molecule has 1 aliphatic rings. The minimum absolute atomic E-state index is 0.210. The molecule has 1 heterocycles. The summed E-state index contributed by atoms with van der Waals surface area (Å²) in [5.74, 6) is -1.31. The van der Waals surface area contributed by atoms with Crippen LogP contribution in [0.1, 0.15) is 24.8 Å². The molecule has 1 amide bonds. The topological polar surface area (TPSA) is 108 Å². The average molecular weight is 420 g/mol. The molecule has 1 aromatic rings. The van der Waals surface area contributed by atoms with Gasteiger partial charge in [-0.2, -0.15) is 9.57 Å². The molecule has 0 unspecified atom stereocenters. The number of piperidine rings is 1. The molecule has 8 nitrogen and oxygen atoms in total. The molecule has 0 atom stereocenters. The van der Waals surface area contributed by atoms with Gasteiger partial charge in [-0.15, -0.1) is 0 Å². The van der Waals surface area contributed by atoms with Crippen LogP contribution in [-0.4, -0.2) is 62.8 Å². The van der Waals surface area contributed by atoms with Gasteiger partial charge in [0.2, 0.25) is 10.0 Å². The van der Waals surface area contributed by atoms with Crippen LogP contribution in [0.4, 0.5) is 0 Å². The van der Waals surface area contributed by atoms with Gasteiger partial charge in [-0.25, -0.2) is 8.42 Å². The van der Waals surface area contributed by atoms with Crippen molar-refractivity contribution in [2.24, 2.45) is 5.92 Å². The summed E-state index contributed by atoms with van der Waals surface area (Å²) in [6.45, 7) is 0.340. The monoisotopic (exact) mass is 419 g/mol. The van der Waals surface area contributed by atoms with Gasteiger partial charge in [-0.05, 0) is 24.5 Å². The number of sulfonamides is 1. The number of esters is 1. The third-order valence-electron chi connectivity index (χ3n) is 4.70. The quantitative estimate of drug-likeness (QED) is 0.593. The van der Waals surface area contributed by atoms with Crippen molar-refractivity contribution in [3.05, 3.63) is 41.3 Å². The number of ether oxygens (including phenoxy) is 1. The fourth-order valence-electron chi connectivity index (χ4n) is 2.86. The molecule has 156 valence electrons. The molecule has 29 heavy (non-hydrogen) atoms. The zero-order chi connectivity index (χ0) is 21.3. The van der Waals surface area contributed by atoms with Gasteiger partial charge in [0.1, 0.15) is 0 Å². The first-order valence-electron chi connectivity index (χ1n) is 9.34. The molecule has 0 N–H and O–H groups in total. The second kappa shape index (κ2) is 10.7. The van der Waals surface area contributed by atoms with Crippen LogP contribution < -0.4 is 0 Å². The first-order valence-corrected chi connectivity index (χ1v) is 10.8. The second-order valence-electron chi connectivity index (χ2n) is 6.76. The van der Waals surface area contributed by atoms with E-state index in [1.807, 2.05) is 36.4 Å². The Labute approximate surface area is 171 Å². The zero-order valence-corrected chi connectivity index (χ0v) is 17.2. The Bertz CT molecular complexity index is 869. The molecule has 1 fully saturated rings. The van der Waals surface area contributed by atoms with E-state index in [9.17, 15) is 18.0 Å². The summed E-state index contributed by atoms with van der Waals surface area (Å²) in [5, 5.41) is 9.71. The predicted octanol–water partition coefficient (Wildman–Crippen LogP) is 1.61. The number of amides is 1. The summed E-state index contributed by atoms with van der Waals surface area (Å²) in [7, 11) is -2.02. The van der Waals surface area contributed by atoms with Crippen molar-refractivity contribution in [2.45, 2.75) is 19.3 Å². The number of nitrogens with zero attached hydrogens (tertiary/aromatic N) is 3. The maximum Gasteiger partial charge on any atom is 0.309 e. The lowest BCUT2D eigenvalue weighted by molar-refractivity contribution is -0.156. The van der Waals surface area contributed by atoms with Crippen LogP contribution in [0.3, 0.4) is 0 Å². The first kappa shape index (κ1) is 22.6. The zero-order valence-electron chi connectivity index (χ0n) is 16.4. The molecular formula is C20H25N3O5S. The van der Waals surface area contributed by atoms with Gasteiger partial charge in [-0.3, -0.25) is 9.59 Å². The summed E-state index contributed by atoms with van der Waals surface area (Å²) in [5.41, 5.74) is 0.791. The lowest BCUT2D eigenvalue weighted by atomic mass is 9.98. The minimum atomic E-state index is -3.56. The van der Waals surface area contributed by atoms with Crippen LogP contribution in [0.25, 0.3) is 6.08 Å². The normalized spacial score (nSPS) is 15.7. The SMILES string of the molecule is CN(CCC#N)C(=O)COC(=O)C1CCN(S(=O)(=O)/C=C/c2ccccc2)CC1. The van der Waals surface area contributed by atoms with Gasteiger partial charge >= 0.3 is 5.97 Å². The molecule has 1 aromatic carbocycles. The Morgan fingerprint density at radius 2 is 1.93 bits per heavy atom. The van der Waals surface area contributed by atoms with Crippen LogP contribution >= 0.6 is 0 Å². The molecule has 2 rings (SSSR count). The number of carbonyl (C=O) groups excluding carboxylic acids is 2. The Balaban J connectivity index is 1.80. The Kier molecular flexibility index (Phi) is 8.36. The van der Waals surface area contributed by atoms with E-state index in [-0.39, 0.29) is 38.6 Å². The summed E-state index contributed by atoms with van der Waals surface area (Å²) >= 11 is 0. The van der Waals surface area contributed by atoms with E-state index in [0.29, 0.717) is 12.8 Å². The number of nitriles is 1. The molecule has 0 aromatic heterocycles.